The number of carboxylic acids is 1. The quantitative estimate of drug-likeness (QED) is 0.430. The number of carboxylic acid groups (broad SMARTS) is 1. The number of unbranched alkanes of at least 4 members (excludes halogenated alkanes) is 1. The zero-order valence-corrected chi connectivity index (χ0v) is 18.0. The van der Waals surface area contributed by atoms with E-state index in [0.717, 1.165) is 47.2 Å². The molecule has 0 aliphatic rings. The van der Waals surface area contributed by atoms with Gasteiger partial charge in [-0.3, -0.25) is 0 Å². The maximum absolute atomic E-state index is 11.9. The molecule has 0 saturated carbocycles. The number of carbonyl (C=O) groups is 1. The van der Waals surface area contributed by atoms with Crippen molar-refractivity contribution in [3.8, 4) is 22.5 Å². The lowest BCUT2D eigenvalue weighted by molar-refractivity contribution is 0.0688. The maximum atomic E-state index is 11.9. The smallest absolute Gasteiger partial charge is 0.354 e. The summed E-state index contributed by atoms with van der Waals surface area (Å²) in [5, 5.41) is 24.1. The standard InChI is InChI=1S/C24H24N6O2/c1-3-4-9-21-20(22(24(31)32)26-15(2)25-21)14-16-10-12-17(13-11-16)18-7-5-6-8-19(18)23-27-29-30-28-23/h5-8,10-13H,3-4,9,14H2,1-2H3,(H,31,32)(H,27,28,29,30). The van der Waals surface area contributed by atoms with Crippen LogP contribution in [-0.2, 0) is 12.8 Å². The Labute approximate surface area is 185 Å². The lowest BCUT2D eigenvalue weighted by atomic mass is 9.95. The molecule has 0 spiro atoms. The van der Waals surface area contributed by atoms with E-state index in [4.69, 9.17) is 0 Å². The van der Waals surface area contributed by atoms with Crippen molar-refractivity contribution in [2.75, 3.05) is 0 Å². The van der Waals surface area contributed by atoms with Crippen LogP contribution in [0, 0.1) is 6.92 Å². The molecule has 8 nitrogen and oxygen atoms in total. The van der Waals surface area contributed by atoms with Crippen LogP contribution >= 0.6 is 0 Å². The average Bonchev–Trinajstić information content (AvgIpc) is 3.34. The fraction of sp³-hybridized carbons (Fsp3) is 0.250. The van der Waals surface area contributed by atoms with Gasteiger partial charge in [-0.2, -0.15) is 5.21 Å². The third-order valence-corrected chi connectivity index (χ3v) is 5.33. The van der Waals surface area contributed by atoms with E-state index in [1.165, 1.54) is 0 Å². The Morgan fingerprint density at radius 3 is 2.44 bits per heavy atom. The first-order chi connectivity index (χ1) is 15.6. The van der Waals surface area contributed by atoms with Crippen molar-refractivity contribution in [3.05, 3.63) is 76.9 Å². The molecule has 0 radical (unpaired) electrons. The molecule has 2 N–H and O–H groups in total. The molecule has 0 aliphatic heterocycles. The first kappa shape index (κ1) is 21.3. The van der Waals surface area contributed by atoms with Gasteiger partial charge in [0.25, 0.3) is 0 Å². The zero-order valence-electron chi connectivity index (χ0n) is 18.0. The molecule has 0 bridgehead atoms. The fourth-order valence-corrected chi connectivity index (χ4v) is 3.78. The van der Waals surface area contributed by atoms with Gasteiger partial charge in [-0.15, -0.1) is 10.2 Å². The molecule has 0 unspecified atom stereocenters. The molecule has 162 valence electrons. The first-order valence-corrected chi connectivity index (χ1v) is 10.6. The van der Waals surface area contributed by atoms with E-state index in [2.05, 4.69) is 37.5 Å². The number of hydrogen-bond donors (Lipinski definition) is 2. The van der Waals surface area contributed by atoms with E-state index in [1.807, 2.05) is 48.5 Å². The normalized spacial score (nSPS) is 10.9. The van der Waals surface area contributed by atoms with E-state index in [9.17, 15) is 9.90 Å². The van der Waals surface area contributed by atoms with Gasteiger partial charge in [0, 0.05) is 23.2 Å². The molecule has 32 heavy (non-hydrogen) atoms. The van der Waals surface area contributed by atoms with Crippen LogP contribution in [0.2, 0.25) is 0 Å². The number of nitrogens with one attached hydrogen (secondary N) is 1. The second-order valence-electron chi connectivity index (χ2n) is 7.61. The van der Waals surface area contributed by atoms with Crippen LogP contribution < -0.4 is 0 Å². The number of aromatic amines is 1. The highest BCUT2D eigenvalue weighted by Crippen LogP contribution is 2.30. The number of aryl methyl sites for hydroxylation is 2. The molecular weight excluding hydrogens is 404 g/mol. The second-order valence-corrected chi connectivity index (χ2v) is 7.61. The maximum Gasteiger partial charge on any atom is 0.354 e. The van der Waals surface area contributed by atoms with Crippen molar-refractivity contribution < 1.29 is 9.90 Å². The number of aromatic nitrogens is 6. The summed E-state index contributed by atoms with van der Waals surface area (Å²) in [6.07, 6.45) is 3.17. The minimum absolute atomic E-state index is 0.0927. The molecule has 0 saturated heterocycles. The molecule has 0 amide bonds. The van der Waals surface area contributed by atoms with Gasteiger partial charge in [-0.05, 0) is 41.7 Å². The topological polar surface area (TPSA) is 118 Å². The van der Waals surface area contributed by atoms with Gasteiger partial charge < -0.3 is 5.11 Å². The van der Waals surface area contributed by atoms with Crippen LogP contribution in [0.25, 0.3) is 22.5 Å². The molecular formula is C24H24N6O2. The van der Waals surface area contributed by atoms with Crippen molar-refractivity contribution in [1.82, 2.24) is 30.6 Å². The number of aromatic carboxylic acids is 1. The fourth-order valence-electron chi connectivity index (χ4n) is 3.78. The zero-order chi connectivity index (χ0) is 22.5. The summed E-state index contributed by atoms with van der Waals surface area (Å²) in [4.78, 5) is 20.6. The average molecular weight is 428 g/mol. The van der Waals surface area contributed by atoms with Crippen LogP contribution in [0.3, 0.4) is 0 Å². The monoisotopic (exact) mass is 428 g/mol. The first-order valence-electron chi connectivity index (χ1n) is 10.6. The van der Waals surface area contributed by atoms with Crippen LogP contribution in [0.15, 0.2) is 48.5 Å². The van der Waals surface area contributed by atoms with Gasteiger partial charge in [-0.25, -0.2) is 14.8 Å². The molecule has 2 heterocycles. The van der Waals surface area contributed by atoms with Crippen molar-refractivity contribution in [1.29, 1.82) is 0 Å². The minimum atomic E-state index is -1.02. The predicted octanol–water partition coefficient (Wildman–Crippen LogP) is 4.26. The Morgan fingerprint density at radius 2 is 1.78 bits per heavy atom. The third kappa shape index (κ3) is 4.54. The van der Waals surface area contributed by atoms with E-state index in [-0.39, 0.29) is 5.69 Å². The van der Waals surface area contributed by atoms with Crippen LogP contribution in [0.5, 0.6) is 0 Å². The Balaban J connectivity index is 1.67. The second kappa shape index (κ2) is 9.47. The summed E-state index contributed by atoms with van der Waals surface area (Å²) in [6, 6.07) is 15.9. The van der Waals surface area contributed by atoms with Gasteiger partial charge in [0.15, 0.2) is 5.69 Å². The van der Waals surface area contributed by atoms with Gasteiger partial charge in [0.1, 0.15) is 5.82 Å². The number of nitrogens with zero attached hydrogens (tertiary/aromatic N) is 5. The Kier molecular flexibility index (Phi) is 6.30. The van der Waals surface area contributed by atoms with Crippen molar-refractivity contribution >= 4 is 5.97 Å². The van der Waals surface area contributed by atoms with Crippen LogP contribution in [-0.4, -0.2) is 41.7 Å². The molecule has 4 aromatic rings. The van der Waals surface area contributed by atoms with Crippen LogP contribution in [0.4, 0.5) is 0 Å². The molecule has 2 aromatic heterocycles. The number of benzene rings is 2. The van der Waals surface area contributed by atoms with E-state index >= 15 is 0 Å². The molecule has 0 aliphatic carbocycles. The summed E-state index contributed by atoms with van der Waals surface area (Å²) in [5.74, 6) is 0.00716. The summed E-state index contributed by atoms with van der Waals surface area (Å²) in [5.41, 5.74) is 5.50. The Hall–Kier alpha value is -3.94. The highest BCUT2D eigenvalue weighted by Gasteiger charge is 2.19. The number of hydrogen-bond acceptors (Lipinski definition) is 6. The van der Waals surface area contributed by atoms with E-state index in [0.29, 0.717) is 23.6 Å². The predicted molar refractivity (Wildman–Crippen MR) is 120 cm³/mol. The third-order valence-electron chi connectivity index (χ3n) is 5.33. The summed E-state index contributed by atoms with van der Waals surface area (Å²) in [7, 11) is 0. The van der Waals surface area contributed by atoms with Gasteiger partial charge in [0.2, 0.25) is 5.82 Å². The molecule has 4 rings (SSSR count). The summed E-state index contributed by atoms with van der Waals surface area (Å²) < 4.78 is 0. The number of rotatable bonds is 8. The number of tetrazole rings is 1. The van der Waals surface area contributed by atoms with Crippen molar-refractivity contribution in [2.45, 2.75) is 39.5 Å². The lowest BCUT2D eigenvalue weighted by Gasteiger charge is -2.13. The van der Waals surface area contributed by atoms with Crippen LogP contribution in [0.1, 0.15) is 52.9 Å². The van der Waals surface area contributed by atoms with E-state index < -0.39 is 5.97 Å². The molecule has 8 heteroatoms. The summed E-state index contributed by atoms with van der Waals surface area (Å²) >= 11 is 0. The lowest BCUT2D eigenvalue weighted by Crippen LogP contribution is -2.13. The SMILES string of the molecule is CCCCc1nc(C)nc(C(=O)O)c1Cc1ccc(-c2ccccc2-c2nn[nH]n2)cc1. The summed E-state index contributed by atoms with van der Waals surface area (Å²) in [6.45, 7) is 3.85. The van der Waals surface area contributed by atoms with Crippen molar-refractivity contribution in [3.63, 3.8) is 0 Å². The largest absolute Gasteiger partial charge is 0.476 e. The Morgan fingerprint density at radius 1 is 1.03 bits per heavy atom. The molecule has 2 aromatic carbocycles. The highest BCUT2D eigenvalue weighted by molar-refractivity contribution is 5.87. The van der Waals surface area contributed by atoms with E-state index in [1.54, 1.807) is 6.92 Å². The van der Waals surface area contributed by atoms with Crippen molar-refractivity contribution in [2.24, 2.45) is 0 Å². The minimum Gasteiger partial charge on any atom is -0.476 e. The van der Waals surface area contributed by atoms with Gasteiger partial charge >= 0.3 is 5.97 Å². The molecule has 0 atom stereocenters. The van der Waals surface area contributed by atoms with Gasteiger partial charge in [-0.1, -0.05) is 61.9 Å². The van der Waals surface area contributed by atoms with Gasteiger partial charge in [0.05, 0.1) is 0 Å². The highest BCUT2D eigenvalue weighted by atomic mass is 16.4. The Bertz CT molecular complexity index is 1220. The molecule has 0 fully saturated rings. The number of H-pyrrole nitrogens is 1.